The van der Waals surface area contributed by atoms with Crippen molar-refractivity contribution in [2.45, 2.75) is 52.2 Å². The number of aryl methyl sites for hydroxylation is 2. The normalized spacial score (nSPS) is 11.6. The summed E-state index contributed by atoms with van der Waals surface area (Å²) in [6, 6.07) is 7.46. The topological polar surface area (TPSA) is 93.3 Å². The summed E-state index contributed by atoms with van der Waals surface area (Å²) in [5.41, 5.74) is 0.137. The average molecular weight is 333 g/mol. The van der Waals surface area contributed by atoms with Crippen LogP contribution in [0.15, 0.2) is 29.1 Å². The first-order valence-electron chi connectivity index (χ1n) is 8.00. The first-order valence-corrected chi connectivity index (χ1v) is 8.00. The third kappa shape index (κ3) is 3.50. The molecule has 1 heterocycles. The van der Waals surface area contributed by atoms with Gasteiger partial charge in [-0.25, -0.2) is 9.59 Å². The van der Waals surface area contributed by atoms with Gasteiger partial charge in [-0.3, -0.25) is 13.9 Å². The highest BCUT2D eigenvalue weighted by atomic mass is 16.4. The van der Waals surface area contributed by atoms with Gasteiger partial charge < -0.3 is 10.4 Å². The fraction of sp³-hybridized carbons (Fsp3) is 0.471. The van der Waals surface area contributed by atoms with Crippen LogP contribution in [-0.4, -0.2) is 31.7 Å². The van der Waals surface area contributed by atoms with Gasteiger partial charge in [0.2, 0.25) is 5.91 Å². The van der Waals surface area contributed by atoms with Crippen LogP contribution >= 0.6 is 0 Å². The average Bonchev–Trinajstić information content (AvgIpc) is 2.78. The van der Waals surface area contributed by atoms with Crippen LogP contribution in [0.1, 0.15) is 33.6 Å². The number of hydrogen-bond acceptors (Lipinski definition) is 3. The predicted molar refractivity (Wildman–Crippen MR) is 91.0 cm³/mol. The Morgan fingerprint density at radius 3 is 2.17 bits per heavy atom. The maximum Gasteiger partial charge on any atom is 0.329 e. The summed E-state index contributed by atoms with van der Waals surface area (Å²) in [5, 5.41) is 11.5. The van der Waals surface area contributed by atoms with Crippen LogP contribution in [0.3, 0.4) is 0 Å². The summed E-state index contributed by atoms with van der Waals surface area (Å²) in [7, 11) is 0. The van der Waals surface area contributed by atoms with E-state index < -0.39 is 17.4 Å². The molecule has 24 heavy (non-hydrogen) atoms. The van der Waals surface area contributed by atoms with Gasteiger partial charge in [0, 0.05) is 19.5 Å². The Labute approximate surface area is 139 Å². The van der Waals surface area contributed by atoms with E-state index >= 15 is 0 Å². The molecule has 2 aromatic rings. The Bertz CT molecular complexity index is 817. The van der Waals surface area contributed by atoms with Gasteiger partial charge in [0.1, 0.15) is 5.54 Å². The Hall–Kier alpha value is -2.57. The van der Waals surface area contributed by atoms with Crippen LogP contribution in [0.5, 0.6) is 0 Å². The molecule has 130 valence electrons. The molecule has 1 amide bonds. The van der Waals surface area contributed by atoms with Gasteiger partial charge in [0.15, 0.2) is 0 Å². The zero-order chi connectivity index (χ0) is 17.9. The van der Waals surface area contributed by atoms with Gasteiger partial charge in [-0.1, -0.05) is 19.1 Å². The summed E-state index contributed by atoms with van der Waals surface area (Å²) in [6.07, 6.45) is 0.873. The number of benzene rings is 1. The van der Waals surface area contributed by atoms with Crippen LogP contribution in [-0.2, 0) is 22.7 Å². The first kappa shape index (κ1) is 17.8. The number of para-hydroxylation sites is 2. The van der Waals surface area contributed by atoms with Crippen LogP contribution in [0.4, 0.5) is 0 Å². The number of nitrogens with zero attached hydrogens (tertiary/aromatic N) is 2. The van der Waals surface area contributed by atoms with E-state index in [4.69, 9.17) is 5.11 Å². The number of carbonyl (C=O) groups excluding carboxylic acids is 1. The van der Waals surface area contributed by atoms with E-state index in [9.17, 15) is 14.4 Å². The van der Waals surface area contributed by atoms with E-state index in [2.05, 4.69) is 5.32 Å². The molecule has 0 saturated heterocycles. The van der Waals surface area contributed by atoms with Crippen molar-refractivity contribution in [2.75, 3.05) is 0 Å². The lowest BCUT2D eigenvalue weighted by molar-refractivity contribution is -0.146. The molecule has 0 unspecified atom stereocenters. The molecule has 0 bridgehead atoms. The van der Waals surface area contributed by atoms with E-state index in [1.165, 1.54) is 13.8 Å². The number of aliphatic carboxylic acids is 1. The molecule has 0 aliphatic rings. The zero-order valence-corrected chi connectivity index (χ0v) is 14.2. The van der Waals surface area contributed by atoms with E-state index in [1.807, 2.05) is 31.2 Å². The Morgan fingerprint density at radius 2 is 1.67 bits per heavy atom. The molecule has 0 aliphatic carbocycles. The summed E-state index contributed by atoms with van der Waals surface area (Å²) in [4.78, 5) is 35.7. The molecule has 0 saturated carbocycles. The molecule has 2 rings (SSSR count). The number of amides is 1. The fourth-order valence-corrected chi connectivity index (χ4v) is 2.61. The fourth-order valence-electron chi connectivity index (χ4n) is 2.61. The van der Waals surface area contributed by atoms with Crippen molar-refractivity contribution in [3.63, 3.8) is 0 Å². The minimum absolute atomic E-state index is 0.0384. The van der Waals surface area contributed by atoms with Gasteiger partial charge in [-0.15, -0.1) is 0 Å². The number of carbonyl (C=O) groups is 2. The minimum Gasteiger partial charge on any atom is -0.480 e. The maximum atomic E-state index is 12.6. The number of imidazole rings is 1. The highest BCUT2D eigenvalue weighted by Gasteiger charge is 2.28. The molecule has 0 atom stereocenters. The second-order valence-electron chi connectivity index (χ2n) is 6.30. The molecule has 7 nitrogen and oxygen atoms in total. The van der Waals surface area contributed by atoms with Gasteiger partial charge >= 0.3 is 11.7 Å². The SMILES string of the molecule is CCCn1c(=O)n(CCC(=O)NC(C)(C)C(=O)O)c2ccccc21. The van der Waals surface area contributed by atoms with Crippen molar-refractivity contribution in [2.24, 2.45) is 0 Å². The lowest BCUT2D eigenvalue weighted by Crippen LogP contribution is -2.49. The molecular formula is C17H23N3O4. The lowest BCUT2D eigenvalue weighted by Gasteiger charge is -2.20. The van der Waals surface area contributed by atoms with Gasteiger partial charge in [0.25, 0.3) is 0 Å². The molecule has 1 aromatic carbocycles. The van der Waals surface area contributed by atoms with E-state index in [1.54, 1.807) is 9.13 Å². The van der Waals surface area contributed by atoms with Crippen LogP contribution in [0.25, 0.3) is 11.0 Å². The Balaban J connectivity index is 2.22. The van der Waals surface area contributed by atoms with E-state index in [-0.39, 0.29) is 18.7 Å². The third-order valence-electron chi connectivity index (χ3n) is 3.92. The molecule has 0 radical (unpaired) electrons. The summed E-state index contributed by atoms with van der Waals surface area (Å²) in [6.45, 7) is 5.67. The highest BCUT2D eigenvalue weighted by Crippen LogP contribution is 2.13. The number of fused-ring (bicyclic) bond motifs is 1. The number of nitrogens with one attached hydrogen (secondary N) is 1. The molecule has 0 fully saturated rings. The van der Waals surface area contributed by atoms with Gasteiger partial charge in [-0.05, 0) is 32.4 Å². The third-order valence-corrected chi connectivity index (χ3v) is 3.92. The molecule has 0 aliphatic heterocycles. The van der Waals surface area contributed by atoms with Crippen molar-refractivity contribution in [3.8, 4) is 0 Å². The monoisotopic (exact) mass is 333 g/mol. The number of rotatable bonds is 7. The molecule has 1 aromatic heterocycles. The Morgan fingerprint density at radius 1 is 1.12 bits per heavy atom. The van der Waals surface area contributed by atoms with Crippen molar-refractivity contribution in [1.82, 2.24) is 14.5 Å². The summed E-state index contributed by atoms with van der Waals surface area (Å²) >= 11 is 0. The van der Waals surface area contributed by atoms with Gasteiger partial charge in [0.05, 0.1) is 11.0 Å². The van der Waals surface area contributed by atoms with Crippen LogP contribution < -0.4 is 11.0 Å². The van der Waals surface area contributed by atoms with Crippen molar-refractivity contribution < 1.29 is 14.7 Å². The molecule has 7 heteroatoms. The van der Waals surface area contributed by atoms with Crippen LogP contribution in [0, 0.1) is 0 Å². The van der Waals surface area contributed by atoms with E-state index in [0.29, 0.717) is 6.54 Å². The van der Waals surface area contributed by atoms with Gasteiger partial charge in [-0.2, -0.15) is 0 Å². The zero-order valence-electron chi connectivity index (χ0n) is 14.2. The quantitative estimate of drug-likeness (QED) is 0.804. The largest absolute Gasteiger partial charge is 0.480 e. The van der Waals surface area contributed by atoms with E-state index in [0.717, 1.165) is 17.5 Å². The number of aromatic nitrogens is 2. The second kappa shape index (κ2) is 6.90. The highest BCUT2D eigenvalue weighted by molar-refractivity contribution is 5.86. The smallest absolute Gasteiger partial charge is 0.329 e. The maximum absolute atomic E-state index is 12.6. The minimum atomic E-state index is -1.34. The summed E-state index contributed by atoms with van der Waals surface area (Å²) < 4.78 is 3.27. The lowest BCUT2D eigenvalue weighted by atomic mass is 10.1. The second-order valence-corrected chi connectivity index (χ2v) is 6.30. The summed E-state index contributed by atoms with van der Waals surface area (Å²) in [5.74, 6) is -1.51. The molecule has 0 spiro atoms. The number of hydrogen-bond donors (Lipinski definition) is 2. The predicted octanol–water partition coefficient (Wildman–Crippen LogP) is 1.58. The molecule has 2 N–H and O–H groups in total. The van der Waals surface area contributed by atoms with Crippen molar-refractivity contribution in [1.29, 1.82) is 0 Å². The number of carboxylic acids is 1. The van der Waals surface area contributed by atoms with Crippen molar-refractivity contribution >= 4 is 22.9 Å². The molecular weight excluding hydrogens is 310 g/mol. The Kier molecular flexibility index (Phi) is 5.11. The van der Waals surface area contributed by atoms with Crippen molar-refractivity contribution in [3.05, 3.63) is 34.7 Å². The first-order chi connectivity index (χ1) is 11.3. The standard InChI is InChI=1S/C17H23N3O4/c1-4-10-19-12-7-5-6-8-13(12)20(16(19)24)11-9-14(21)18-17(2,3)15(22)23/h5-8H,4,9-11H2,1-3H3,(H,18,21)(H,22,23). The van der Waals surface area contributed by atoms with Crippen LogP contribution in [0.2, 0.25) is 0 Å². The number of carboxylic acid groups (broad SMARTS) is 1.